The second-order valence-electron chi connectivity index (χ2n) is 9.90. The van der Waals surface area contributed by atoms with Crippen molar-refractivity contribution >= 4 is 23.4 Å². The maximum absolute atomic E-state index is 13.8. The zero-order valence-corrected chi connectivity index (χ0v) is 22.2. The second kappa shape index (κ2) is 13.8. The molecule has 0 saturated heterocycles. The molecule has 0 aromatic heterocycles. The number of ether oxygens (including phenoxy) is 2. The van der Waals surface area contributed by atoms with Gasteiger partial charge < -0.3 is 19.7 Å². The molecule has 6 nitrogen and oxygen atoms in total. The van der Waals surface area contributed by atoms with Gasteiger partial charge in [0.25, 0.3) is 0 Å². The number of hydrogen-bond donors (Lipinski definition) is 1. The summed E-state index contributed by atoms with van der Waals surface area (Å²) in [5, 5.41) is 3.24. The molecule has 0 heterocycles. The van der Waals surface area contributed by atoms with Crippen LogP contribution in [0.3, 0.4) is 0 Å². The molecule has 3 rings (SSSR count). The molecule has 7 heteroatoms. The van der Waals surface area contributed by atoms with E-state index < -0.39 is 6.04 Å². The first-order valence-corrected chi connectivity index (χ1v) is 13.6. The van der Waals surface area contributed by atoms with Gasteiger partial charge in [-0.15, -0.1) is 11.6 Å². The monoisotopic (exact) mass is 504 g/mol. The smallest absolute Gasteiger partial charge is 0.247 e. The van der Waals surface area contributed by atoms with Crippen LogP contribution in [-0.2, 0) is 9.59 Å². The molecule has 2 aliphatic carbocycles. The third kappa shape index (κ3) is 7.89. The fourth-order valence-electron chi connectivity index (χ4n) is 5.08. The van der Waals surface area contributed by atoms with Gasteiger partial charge in [-0.2, -0.15) is 0 Å². The third-order valence-electron chi connectivity index (χ3n) is 6.87. The van der Waals surface area contributed by atoms with Crippen LogP contribution in [0.5, 0.6) is 11.5 Å². The molecule has 0 radical (unpaired) electrons. The van der Waals surface area contributed by atoms with Crippen molar-refractivity contribution in [1.82, 2.24) is 10.2 Å². The summed E-state index contributed by atoms with van der Waals surface area (Å²) in [5.41, 5.74) is 2.05. The normalized spacial score (nSPS) is 17.5. The number of carbonyl (C=O) groups excluding carboxylic acids is 2. The summed E-state index contributed by atoms with van der Waals surface area (Å²) in [6.45, 7) is 4.36. The molecular weight excluding hydrogens is 464 g/mol. The number of nitrogens with one attached hydrogen (secondary N) is 1. The van der Waals surface area contributed by atoms with Crippen molar-refractivity contribution in [3.05, 3.63) is 35.4 Å². The molecule has 0 unspecified atom stereocenters. The van der Waals surface area contributed by atoms with Gasteiger partial charge in [-0.1, -0.05) is 37.0 Å². The maximum Gasteiger partial charge on any atom is 0.247 e. The van der Waals surface area contributed by atoms with Gasteiger partial charge in [0.05, 0.1) is 13.2 Å². The van der Waals surface area contributed by atoms with Crippen LogP contribution in [0.25, 0.3) is 0 Å². The minimum Gasteiger partial charge on any atom is -0.493 e. The van der Waals surface area contributed by atoms with Crippen LogP contribution in [0, 0.1) is 0 Å². The van der Waals surface area contributed by atoms with Crippen molar-refractivity contribution in [2.75, 3.05) is 19.5 Å². The molecule has 2 aliphatic rings. The highest BCUT2D eigenvalue weighted by Crippen LogP contribution is 2.34. The van der Waals surface area contributed by atoms with E-state index in [0.717, 1.165) is 44.9 Å². The van der Waals surface area contributed by atoms with Gasteiger partial charge in [-0.3, -0.25) is 9.59 Å². The Balaban J connectivity index is 1.93. The first-order chi connectivity index (χ1) is 16.9. The van der Waals surface area contributed by atoms with Gasteiger partial charge >= 0.3 is 0 Å². The summed E-state index contributed by atoms with van der Waals surface area (Å²) in [6.07, 6.45) is 12.9. The van der Waals surface area contributed by atoms with Crippen LogP contribution in [0.1, 0.15) is 89.7 Å². The molecule has 1 atom stereocenters. The number of nitrogens with zero attached hydrogens (tertiary/aromatic N) is 1. The Morgan fingerprint density at radius 2 is 1.89 bits per heavy atom. The first-order valence-electron chi connectivity index (χ1n) is 13.1. The lowest BCUT2D eigenvalue weighted by Gasteiger charge is -2.34. The zero-order valence-electron chi connectivity index (χ0n) is 21.5. The molecule has 194 valence electrons. The number of hydrogen-bond acceptors (Lipinski definition) is 4. The molecular formula is C28H41ClN2O4. The van der Waals surface area contributed by atoms with Gasteiger partial charge in [0.2, 0.25) is 11.8 Å². The van der Waals surface area contributed by atoms with E-state index in [1.807, 2.05) is 32.0 Å². The van der Waals surface area contributed by atoms with Crippen LogP contribution in [0.4, 0.5) is 0 Å². The van der Waals surface area contributed by atoms with E-state index in [2.05, 4.69) is 11.4 Å². The largest absolute Gasteiger partial charge is 0.493 e. The van der Waals surface area contributed by atoms with E-state index in [4.69, 9.17) is 21.1 Å². The third-order valence-corrected chi connectivity index (χ3v) is 7.10. The minimum absolute atomic E-state index is 0.0155. The number of carbonyl (C=O) groups is 2. The Labute approximate surface area is 215 Å². The summed E-state index contributed by atoms with van der Waals surface area (Å²) in [6, 6.07) is 4.85. The molecule has 1 aromatic rings. The van der Waals surface area contributed by atoms with E-state index >= 15 is 0 Å². The average molecular weight is 505 g/mol. The molecule has 1 aromatic carbocycles. The van der Waals surface area contributed by atoms with Crippen LogP contribution in [-0.4, -0.2) is 48.4 Å². The summed E-state index contributed by atoms with van der Waals surface area (Å²) >= 11 is 6.06. The fourth-order valence-corrected chi connectivity index (χ4v) is 5.23. The molecule has 1 saturated carbocycles. The topological polar surface area (TPSA) is 67.9 Å². The Kier molecular flexibility index (Phi) is 10.8. The number of rotatable bonds is 11. The molecule has 35 heavy (non-hydrogen) atoms. The Bertz CT molecular complexity index is 880. The first kappa shape index (κ1) is 27.4. The van der Waals surface area contributed by atoms with Gasteiger partial charge in [-0.05, 0) is 76.5 Å². The lowest BCUT2D eigenvalue weighted by Crippen LogP contribution is -2.47. The summed E-state index contributed by atoms with van der Waals surface area (Å²) in [5.74, 6) is 0.582. The highest BCUT2D eigenvalue weighted by molar-refractivity contribution is 6.27. The van der Waals surface area contributed by atoms with Gasteiger partial charge in [0, 0.05) is 12.6 Å². The maximum atomic E-state index is 13.8. The van der Waals surface area contributed by atoms with Crippen molar-refractivity contribution in [3.8, 4) is 11.5 Å². The second-order valence-corrected chi connectivity index (χ2v) is 10.2. The van der Waals surface area contributed by atoms with E-state index in [1.54, 1.807) is 12.0 Å². The van der Waals surface area contributed by atoms with Crippen LogP contribution in [0.2, 0.25) is 0 Å². The van der Waals surface area contributed by atoms with E-state index in [-0.39, 0.29) is 29.8 Å². The fraction of sp³-hybridized carbons (Fsp3) is 0.643. The van der Waals surface area contributed by atoms with Crippen LogP contribution >= 0.6 is 11.6 Å². The molecule has 1 fully saturated rings. The quantitative estimate of drug-likeness (QED) is 0.299. The van der Waals surface area contributed by atoms with Crippen molar-refractivity contribution in [2.45, 2.75) is 96.2 Å². The number of amides is 2. The van der Waals surface area contributed by atoms with Crippen molar-refractivity contribution < 1.29 is 19.1 Å². The number of benzene rings is 1. The molecule has 1 N–H and O–H groups in total. The van der Waals surface area contributed by atoms with Crippen LogP contribution in [0.15, 0.2) is 29.8 Å². The Morgan fingerprint density at radius 3 is 2.51 bits per heavy atom. The van der Waals surface area contributed by atoms with Crippen LogP contribution < -0.4 is 14.8 Å². The Hall–Kier alpha value is -2.21. The lowest BCUT2D eigenvalue weighted by atomic mass is 9.94. The average Bonchev–Trinajstić information content (AvgIpc) is 2.87. The number of allylic oxidation sites excluding steroid dienone is 1. The number of alkyl halides is 1. The van der Waals surface area contributed by atoms with Crippen molar-refractivity contribution in [1.29, 1.82) is 0 Å². The van der Waals surface area contributed by atoms with Crippen molar-refractivity contribution in [3.63, 3.8) is 0 Å². The van der Waals surface area contributed by atoms with Crippen molar-refractivity contribution in [2.24, 2.45) is 0 Å². The SMILES string of the molecule is COc1cc([C@@H](C(=O)NC2CCCCC2)N(CCC2=CCCCC2)C(=O)CCl)ccc1OC(C)C. The summed E-state index contributed by atoms with van der Waals surface area (Å²) < 4.78 is 11.5. The van der Waals surface area contributed by atoms with Gasteiger partial charge in [0.15, 0.2) is 11.5 Å². The predicted molar refractivity (Wildman–Crippen MR) is 140 cm³/mol. The minimum atomic E-state index is -0.783. The summed E-state index contributed by atoms with van der Waals surface area (Å²) in [7, 11) is 1.58. The lowest BCUT2D eigenvalue weighted by molar-refractivity contribution is -0.139. The predicted octanol–water partition coefficient (Wildman–Crippen LogP) is 5.93. The standard InChI is InChI=1S/C28H41ClN2O4/c1-20(2)35-24-15-14-22(18-25(24)34-3)27(28(33)30-23-12-8-5-9-13-23)31(26(32)19-29)17-16-21-10-6-4-7-11-21/h10,14-15,18,20,23,27H,4-9,11-13,16-17,19H2,1-3H3,(H,30,33)/t27-/m0/s1. The van der Waals surface area contributed by atoms with E-state index in [1.165, 1.54) is 24.8 Å². The highest BCUT2D eigenvalue weighted by Gasteiger charge is 2.33. The Morgan fingerprint density at radius 1 is 1.11 bits per heavy atom. The zero-order chi connectivity index (χ0) is 25.2. The highest BCUT2D eigenvalue weighted by atomic mass is 35.5. The number of methoxy groups -OCH3 is 1. The molecule has 0 bridgehead atoms. The molecule has 2 amide bonds. The molecule has 0 spiro atoms. The number of halogens is 1. The van der Waals surface area contributed by atoms with E-state index in [9.17, 15) is 9.59 Å². The van der Waals surface area contributed by atoms with E-state index in [0.29, 0.717) is 23.6 Å². The summed E-state index contributed by atoms with van der Waals surface area (Å²) in [4.78, 5) is 28.5. The van der Waals surface area contributed by atoms with Gasteiger partial charge in [-0.25, -0.2) is 0 Å². The van der Waals surface area contributed by atoms with Gasteiger partial charge in [0.1, 0.15) is 11.9 Å². The molecule has 0 aliphatic heterocycles.